The van der Waals surface area contributed by atoms with E-state index in [-0.39, 0.29) is 11.7 Å². The third-order valence-electron chi connectivity index (χ3n) is 4.21. The first-order valence-corrected chi connectivity index (χ1v) is 9.58. The lowest BCUT2D eigenvalue weighted by molar-refractivity contribution is -0.122. The summed E-state index contributed by atoms with van der Waals surface area (Å²) in [6, 6.07) is 13.2. The summed E-state index contributed by atoms with van der Waals surface area (Å²) < 4.78 is 16.2. The van der Waals surface area contributed by atoms with E-state index in [0.717, 1.165) is 28.9 Å². The van der Waals surface area contributed by atoms with Gasteiger partial charge in [-0.1, -0.05) is 13.0 Å². The Hall–Kier alpha value is -3.35. The van der Waals surface area contributed by atoms with Crippen LogP contribution >= 0.6 is 0 Å². The molecular formula is C22H25N3O4. The molecule has 3 rings (SSSR count). The number of hydrogen-bond donors (Lipinski definition) is 1. The number of nitrogens with zero attached hydrogens (tertiary/aromatic N) is 2. The van der Waals surface area contributed by atoms with Crippen molar-refractivity contribution in [3.8, 4) is 22.8 Å². The average molecular weight is 395 g/mol. The molecule has 0 aliphatic rings. The topological polar surface area (TPSA) is 86.5 Å². The number of amides is 1. The molecule has 2 aromatic carbocycles. The first-order valence-electron chi connectivity index (χ1n) is 9.58. The molecule has 0 fully saturated rings. The van der Waals surface area contributed by atoms with E-state index in [1.807, 2.05) is 56.3 Å². The van der Waals surface area contributed by atoms with Crippen LogP contribution in [-0.4, -0.2) is 28.9 Å². The number of carbonyl (C=O) groups excluding carboxylic acids is 1. The Morgan fingerprint density at radius 1 is 1.07 bits per heavy atom. The van der Waals surface area contributed by atoms with Gasteiger partial charge in [0.25, 0.3) is 5.91 Å². The van der Waals surface area contributed by atoms with Crippen LogP contribution in [-0.2, 0) is 4.79 Å². The Kier molecular flexibility index (Phi) is 6.49. The monoisotopic (exact) mass is 395 g/mol. The molecule has 0 bridgehead atoms. The van der Waals surface area contributed by atoms with Gasteiger partial charge in [0.2, 0.25) is 5.82 Å². The van der Waals surface area contributed by atoms with Crippen LogP contribution in [0.15, 0.2) is 47.1 Å². The Bertz CT molecular complexity index is 946. The molecule has 0 radical (unpaired) electrons. The van der Waals surface area contributed by atoms with Gasteiger partial charge in [-0.25, -0.2) is 4.63 Å². The molecule has 1 N–H and O–H groups in total. The summed E-state index contributed by atoms with van der Waals surface area (Å²) in [4.78, 5) is 12.6. The number of anilines is 1. The van der Waals surface area contributed by atoms with E-state index in [0.29, 0.717) is 18.1 Å². The third kappa shape index (κ3) is 5.34. The van der Waals surface area contributed by atoms with Gasteiger partial charge in [0.1, 0.15) is 11.5 Å². The molecule has 152 valence electrons. The van der Waals surface area contributed by atoms with Crippen LogP contribution in [0.5, 0.6) is 11.5 Å². The fourth-order valence-corrected chi connectivity index (χ4v) is 2.87. The van der Waals surface area contributed by atoms with Crippen molar-refractivity contribution < 1.29 is 18.9 Å². The number of ether oxygens (including phenoxy) is 2. The molecule has 0 unspecified atom stereocenters. The van der Waals surface area contributed by atoms with Crippen LogP contribution in [0.25, 0.3) is 11.3 Å². The number of rotatable bonds is 8. The second-order valence-corrected chi connectivity index (χ2v) is 6.91. The van der Waals surface area contributed by atoms with Crippen molar-refractivity contribution in [2.45, 2.75) is 40.2 Å². The standard InChI is InChI=1S/C22H25N3O4/c1-5-10-27-18-8-6-17(7-9-18)20-21(25-29-24-20)23-22(26)16(4)28-19-12-14(2)11-15(3)13-19/h6-9,11-13,16H,5,10H2,1-4H3,(H,23,25,26)/t16-/m0/s1. The summed E-state index contributed by atoms with van der Waals surface area (Å²) in [6.07, 6.45) is 0.221. The van der Waals surface area contributed by atoms with Crippen LogP contribution in [0.2, 0.25) is 0 Å². The van der Waals surface area contributed by atoms with E-state index >= 15 is 0 Å². The van der Waals surface area contributed by atoms with Crippen molar-refractivity contribution in [3.05, 3.63) is 53.6 Å². The molecule has 1 amide bonds. The predicted molar refractivity (Wildman–Crippen MR) is 110 cm³/mol. The minimum Gasteiger partial charge on any atom is -0.494 e. The van der Waals surface area contributed by atoms with Crippen molar-refractivity contribution in [1.29, 1.82) is 0 Å². The Balaban J connectivity index is 1.68. The van der Waals surface area contributed by atoms with Crippen LogP contribution < -0.4 is 14.8 Å². The quantitative estimate of drug-likeness (QED) is 0.602. The summed E-state index contributed by atoms with van der Waals surface area (Å²) in [5, 5.41) is 10.5. The van der Waals surface area contributed by atoms with E-state index in [9.17, 15) is 4.79 Å². The van der Waals surface area contributed by atoms with E-state index in [4.69, 9.17) is 14.1 Å². The molecule has 1 atom stereocenters. The highest BCUT2D eigenvalue weighted by molar-refractivity contribution is 5.96. The maximum absolute atomic E-state index is 12.6. The molecule has 7 nitrogen and oxygen atoms in total. The highest BCUT2D eigenvalue weighted by atomic mass is 16.6. The van der Waals surface area contributed by atoms with Gasteiger partial charge in [-0.05, 0) is 85.0 Å². The van der Waals surface area contributed by atoms with Gasteiger partial charge >= 0.3 is 0 Å². The van der Waals surface area contributed by atoms with Crippen molar-refractivity contribution in [2.75, 3.05) is 11.9 Å². The smallest absolute Gasteiger partial charge is 0.266 e. The van der Waals surface area contributed by atoms with Crippen molar-refractivity contribution in [1.82, 2.24) is 10.3 Å². The molecule has 1 heterocycles. The predicted octanol–water partition coefficient (Wildman–Crippen LogP) is 4.55. The van der Waals surface area contributed by atoms with E-state index in [1.165, 1.54) is 0 Å². The summed E-state index contributed by atoms with van der Waals surface area (Å²) >= 11 is 0. The van der Waals surface area contributed by atoms with Crippen molar-refractivity contribution >= 4 is 11.7 Å². The summed E-state index contributed by atoms with van der Waals surface area (Å²) in [5.74, 6) is 1.32. The summed E-state index contributed by atoms with van der Waals surface area (Å²) in [6.45, 7) is 8.35. The van der Waals surface area contributed by atoms with Gasteiger partial charge in [-0.2, -0.15) is 0 Å². The van der Waals surface area contributed by atoms with Gasteiger partial charge in [0, 0.05) is 5.56 Å². The first-order chi connectivity index (χ1) is 14.0. The number of benzene rings is 2. The second-order valence-electron chi connectivity index (χ2n) is 6.91. The fraction of sp³-hybridized carbons (Fsp3) is 0.318. The van der Waals surface area contributed by atoms with Gasteiger partial charge < -0.3 is 14.8 Å². The molecule has 0 aliphatic carbocycles. The van der Waals surface area contributed by atoms with Gasteiger partial charge in [0.15, 0.2) is 11.8 Å². The summed E-state index contributed by atoms with van der Waals surface area (Å²) in [5.41, 5.74) is 3.34. The lowest BCUT2D eigenvalue weighted by atomic mass is 10.1. The van der Waals surface area contributed by atoms with Crippen LogP contribution in [0, 0.1) is 13.8 Å². The minimum atomic E-state index is -0.717. The fourth-order valence-electron chi connectivity index (χ4n) is 2.87. The zero-order chi connectivity index (χ0) is 20.8. The zero-order valence-corrected chi connectivity index (χ0v) is 17.1. The Morgan fingerprint density at radius 3 is 2.41 bits per heavy atom. The number of hydrogen-bond acceptors (Lipinski definition) is 6. The SMILES string of the molecule is CCCOc1ccc(-c2nonc2NC(=O)[C@H](C)Oc2cc(C)cc(C)c2)cc1. The molecule has 7 heteroatoms. The lowest BCUT2D eigenvalue weighted by Crippen LogP contribution is -2.30. The van der Waals surface area contributed by atoms with Crippen LogP contribution in [0.4, 0.5) is 5.82 Å². The van der Waals surface area contributed by atoms with Crippen LogP contribution in [0.1, 0.15) is 31.4 Å². The van der Waals surface area contributed by atoms with Crippen LogP contribution in [0.3, 0.4) is 0 Å². The van der Waals surface area contributed by atoms with E-state index < -0.39 is 6.10 Å². The first kappa shape index (κ1) is 20.4. The Labute approximate surface area is 170 Å². The van der Waals surface area contributed by atoms with E-state index in [2.05, 4.69) is 22.6 Å². The number of aromatic nitrogens is 2. The maximum atomic E-state index is 12.6. The molecule has 0 spiro atoms. The van der Waals surface area contributed by atoms with Crippen molar-refractivity contribution in [3.63, 3.8) is 0 Å². The maximum Gasteiger partial charge on any atom is 0.266 e. The lowest BCUT2D eigenvalue weighted by Gasteiger charge is -2.15. The normalized spacial score (nSPS) is 11.7. The number of nitrogens with one attached hydrogen (secondary N) is 1. The molecule has 3 aromatic rings. The minimum absolute atomic E-state index is 0.244. The largest absolute Gasteiger partial charge is 0.494 e. The van der Waals surface area contributed by atoms with Crippen molar-refractivity contribution in [2.24, 2.45) is 0 Å². The molecule has 0 saturated heterocycles. The molecular weight excluding hydrogens is 370 g/mol. The number of carbonyl (C=O) groups is 1. The second kappa shape index (κ2) is 9.23. The Morgan fingerprint density at radius 2 is 1.76 bits per heavy atom. The summed E-state index contributed by atoms with van der Waals surface area (Å²) in [7, 11) is 0. The molecule has 1 aromatic heterocycles. The van der Waals surface area contributed by atoms with Gasteiger partial charge in [0.05, 0.1) is 6.61 Å². The average Bonchev–Trinajstić information content (AvgIpc) is 3.14. The highest BCUT2D eigenvalue weighted by Gasteiger charge is 2.20. The van der Waals surface area contributed by atoms with Gasteiger partial charge in [-0.15, -0.1) is 0 Å². The highest BCUT2D eigenvalue weighted by Crippen LogP contribution is 2.27. The molecule has 29 heavy (non-hydrogen) atoms. The molecule has 0 saturated carbocycles. The van der Waals surface area contributed by atoms with E-state index in [1.54, 1.807) is 6.92 Å². The third-order valence-corrected chi connectivity index (χ3v) is 4.21. The number of aryl methyl sites for hydroxylation is 2. The zero-order valence-electron chi connectivity index (χ0n) is 17.1. The van der Waals surface area contributed by atoms with Gasteiger partial charge in [-0.3, -0.25) is 4.79 Å². The molecule has 0 aliphatic heterocycles.